The van der Waals surface area contributed by atoms with Crippen molar-refractivity contribution in [2.75, 3.05) is 17.7 Å². The zero-order valence-corrected chi connectivity index (χ0v) is 20.8. The van der Waals surface area contributed by atoms with E-state index in [9.17, 15) is 23.3 Å². The Bertz CT molecular complexity index is 1160. The number of nitro benzene ring substituents is 1. The molecular formula is C23H31N3O6S. The minimum absolute atomic E-state index is 0.0637. The van der Waals surface area contributed by atoms with Crippen LogP contribution in [0.25, 0.3) is 0 Å². The summed E-state index contributed by atoms with van der Waals surface area (Å²) in [5.41, 5.74) is 3.80. The lowest BCUT2D eigenvalue weighted by Crippen LogP contribution is -2.50. The molecule has 1 N–H and O–H groups in total. The van der Waals surface area contributed by atoms with Crippen LogP contribution >= 0.6 is 0 Å². The summed E-state index contributed by atoms with van der Waals surface area (Å²) in [6.45, 7) is 9.47. The van der Waals surface area contributed by atoms with Crippen LogP contribution in [0, 0.1) is 30.9 Å². The lowest BCUT2D eigenvalue weighted by Gasteiger charge is -2.32. The van der Waals surface area contributed by atoms with Crippen LogP contribution in [-0.2, 0) is 14.8 Å². The number of aryl methyl sites for hydroxylation is 3. The number of benzene rings is 2. The van der Waals surface area contributed by atoms with Gasteiger partial charge in [-0.1, -0.05) is 19.1 Å². The highest BCUT2D eigenvalue weighted by atomic mass is 32.2. The maximum atomic E-state index is 13.3. The summed E-state index contributed by atoms with van der Waals surface area (Å²) in [6.07, 6.45) is 1.10. The molecule has 180 valence electrons. The summed E-state index contributed by atoms with van der Waals surface area (Å²) in [5.74, 6) is -0.406. The number of non-ortho nitro benzene ring substituents is 1. The molecule has 33 heavy (non-hydrogen) atoms. The Balaban J connectivity index is 2.50. The van der Waals surface area contributed by atoms with Crippen molar-refractivity contribution in [3.63, 3.8) is 0 Å². The molecule has 0 aliphatic heterocycles. The molecule has 2 rings (SSSR count). The zero-order chi connectivity index (χ0) is 25.1. The number of nitrogens with zero attached hydrogens (tertiary/aromatic N) is 2. The van der Waals surface area contributed by atoms with E-state index >= 15 is 0 Å². The highest BCUT2D eigenvalue weighted by Gasteiger charge is 2.35. The predicted molar refractivity (Wildman–Crippen MR) is 128 cm³/mol. The van der Waals surface area contributed by atoms with Crippen molar-refractivity contribution < 1.29 is 22.9 Å². The largest absolute Gasteiger partial charge is 0.495 e. The first-order valence-electron chi connectivity index (χ1n) is 10.5. The standard InChI is InChI=1S/C23H31N3O6S/c1-8-20(23(27)24-17(5)19-12-15(3)14(2)11-16(19)4)25(33(7,30)31)21-13-18(26(28)29)9-10-22(21)32-6/h9-13,17,20H,8H2,1-7H3,(H,24,27). The van der Waals surface area contributed by atoms with Crippen LogP contribution in [0.3, 0.4) is 0 Å². The summed E-state index contributed by atoms with van der Waals surface area (Å²) < 4.78 is 31.8. The number of carbonyl (C=O) groups excluding carboxylic acids is 1. The van der Waals surface area contributed by atoms with E-state index in [4.69, 9.17) is 4.74 Å². The van der Waals surface area contributed by atoms with Gasteiger partial charge in [0.1, 0.15) is 17.5 Å². The molecule has 2 aromatic carbocycles. The molecule has 1 amide bonds. The summed E-state index contributed by atoms with van der Waals surface area (Å²) in [5, 5.41) is 14.2. The Labute approximate surface area is 195 Å². The maximum absolute atomic E-state index is 13.3. The van der Waals surface area contributed by atoms with Crippen molar-refractivity contribution >= 4 is 27.3 Å². The fourth-order valence-corrected chi connectivity index (χ4v) is 5.04. The number of ether oxygens (including phenoxy) is 1. The van der Waals surface area contributed by atoms with Gasteiger partial charge in [-0.2, -0.15) is 0 Å². The second-order valence-corrected chi connectivity index (χ2v) is 9.98. The first-order valence-corrected chi connectivity index (χ1v) is 12.4. The first-order chi connectivity index (χ1) is 15.3. The van der Waals surface area contributed by atoms with E-state index < -0.39 is 26.9 Å². The molecule has 0 spiro atoms. The van der Waals surface area contributed by atoms with Gasteiger partial charge in [-0.3, -0.25) is 19.2 Å². The van der Waals surface area contributed by atoms with Gasteiger partial charge in [0, 0.05) is 12.1 Å². The lowest BCUT2D eigenvalue weighted by molar-refractivity contribution is -0.384. The number of nitrogens with one attached hydrogen (secondary N) is 1. The molecule has 0 aliphatic carbocycles. The molecule has 0 heterocycles. The van der Waals surface area contributed by atoms with Crippen molar-refractivity contribution in [2.24, 2.45) is 0 Å². The Kier molecular flexibility index (Phi) is 8.07. The van der Waals surface area contributed by atoms with Crippen molar-refractivity contribution in [1.82, 2.24) is 5.32 Å². The SMILES string of the molecule is CCC(C(=O)NC(C)c1cc(C)c(C)cc1C)N(c1cc([N+](=O)[O-])ccc1OC)S(C)(=O)=O. The number of amides is 1. The molecule has 9 nitrogen and oxygen atoms in total. The third kappa shape index (κ3) is 5.81. The molecule has 0 aliphatic rings. The van der Waals surface area contributed by atoms with Gasteiger partial charge in [-0.15, -0.1) is 0 Å². The van der Waals surface area contributed by atoms with Gasteiger partial charge in [-0.25, -0.2) is 8.42 Å². The van der Waals surface area contributed by atoms with E-state index in [1.54, 1.807) is 6.92 Å². The number of carbonyl (C=O) groups is 1. The highest BCUT2D eigenvalue weighted by molar-refractivity contribution is 7.92. The van der Waals surface area contributed by atoms with Gasteiger partial charge in [0.05, 0.1) is 24.3 Å². The summed E-state index contributed by atoms with van der Waals surface area (Å²) in [7, 11) is -2.67. The quantitative estimate of drug-likeness (QED) is 0.431. The van der Waals surface area contributed by atoms with Crippen LogP contribution in [0.15, 0.2) is 30.3 Å². The molecule has 0 bridgehead atoms. The smallest absolute Gasteiger partial charge is 0.271 e. The number of methoxy groups -OCH3 is 1. The monoisotopic (exact) mass is 477 g/mol. The van der Waals surface area contributed by atoms with Crippen molar-refractivity contribution in [1.29, 1.82) is 0 Å². The topological polar surface area (TPSA) is 119 Å². The third-order valence-electron chi connectivity index (χ3n) is 5.65. The molecular weight excluding hydrogens is 446 g/mol. The van der Waals surface area contributed by atoms with Crippen molar-refractivity contribution in [3.05, 3.63) is 62.7 Å². The number of hydrogen-bond donors (Lipinski definition) is 1. The number of rotatable bonds is 9. The number of sulfonamides is 1. The van der Waals surface area contributed by atoms with E-state index in [2.05, 4.69) is 5.32 Å². The third-order valence-corrected chi connectivity index (χ3v) is 6.81. The summed E-state index contributed by atoms with van der Waals surface area (Å²) in [6, 6.07) is 6.18. The minimum atomic E-state index is -4.00. The zero-order valence-electron chi connectivity index (χ0n) is 20.0. The second kappa shape index (κ2) is 10.2. The van der Waals surface area contributed by atoms with Gasteiger partial charge in [0.2, 0.25) is 15.9 Å². The minimum Gasteiger partial charge on any atom is -0.495 e. The fraction of sp³-hybridized carbons (Fsp3) is 0.435. The molecule has 0 aromatic heterocycles. The number of hydrogen-bond acceptors (Lipinski definition) is 6. The normalized spacial score (nSPS) is 13.2. The summed E-state index contributed by atoms with van der Waals surface area (Å²) >= 11 is 0. The number of anilines is 1. The Hall–Kier alpha value is -3.14. The predicted octanol–water partition coefficient (Wildman–Crippen LogP) is 3.95. The Morgan fingerprint density at radius 3 is 2.27 bits per heavy atom. The fourth-order valence-electron chi connectivity index (χ4n) is 3.84. The second-order valence-electron chi connectivity index (χ2n) is 8.12. The maximum Gasteiger partial charge on any atom is 0.271 e. The first kappa shape index (κ1) is 26.1. The molecule has 0 saturated heterocycles. The van der Waals surface area contributed by atoms with E-state index in [1.165, 1.54) is 19.2 Å². The molecule has 2 aromatic rings. The average molecular weight is 478 g/mol. The van der Waals surface area contributed by atoms with Crippen molar-refractivity contribution in [2.45, 2.75) is 53.1 Å². The van der Waals surface area contributed by atoms with E-state index in [0.717, 1.165) is 38.9 Å². The number of nitro groups is 1. The Morgan fingerprint density at radius 1 is 1.15 bits per heavy atom. The highest BCUT2D eigenvalue weighted by Crippen LogP contribution is 2.36. The van der Waals surface area contributed by atoms with Gasteiger partial charge >= 0.3 is 0 Å². The summed E-state index contributed by atoms with van der Waals surface area (Å²) in [4.78, 5) is 24.0. The van der Waals surface area contributed by atoms with Crippen LogP contribution in [-0.4, -0.2) is 38.7 Å². The molecule has 2 atom stereocenters. The van der Waals surface area contributed by atoms with Gasteiger partial charge in [-0.05, 0) is 62.4 Å². The molecule has 0 fully saturated rings. The van der Waals surface area contributed by atoms with Crippen LogP contribution < -0.4 is 14.4 Å². The van der Waals surface area contributed by atoms with Gasteiger partial charge in [0.15, 0.2) is 0 Å². The molecule has 0 saturated carbocycles. The van der Waals surface area contributed by atoms with Crippen LogP contribution in [0.5, 0.6) is 5.75 Å². The Morgan fingerprint density at radius 2 is 1.76 bits per heavy atom. The average Bonchev–Trinajstić information content (AvgIpc) is 2.72. The molecule has 2 unspecified atom stereocenters. The van der Waals surface area contributed by atoms with Gasteiger partial charge < -0.3 is 10.1 Å². The van der Waals surface area contributed by atoms with E-state index in [1.807, 2.05) is 39.8 Å². The van der Waals surface area contributed by atoms with Crippen LogP contribution in [0.2, 0.25) is 0 Å². The lowest BCUT2D eigenvalue weighted by atomic mass is 9.96. The van der Waals surface area contributed by atoms with Gasteiger partial charge in [0.25, 0.3) is 5.69 Å². The van der Waals surface area contributed by atoms with E-state index in [0.29, 0.717) is 0 Å². The van der Waals surface area contributed by atoms with Crippen molar-refractivity contribution in [3.8, 4) is 5.75 Å². The van der Waals surface area contributed by atoms with Crippen LogP contribution in [0.1, 0.15) is 48.6 Å². The van der Waals surface area contributed by atoms with E-state index in [-0.39, 0.29) is 29.6 Å². The molecule has 10 heteroatoms. The van der Waals surface area contributed by atoms with Crippen LogP contribution in [0.4, 0.5) is 11.4 Å². The molecule has 0 radical (unpaired) electrons.